The van der Waals surface area contributed by atoms with Crippen LogP contribution in [0.15, 0.2) is 12.1 Å². The van der Waals surface area contributed by atoms with E-state index in [9.17, 15) is 32.8 Å². The summed E-state index contributed by atoms with van der Waals surface area (Å²) in [5, 5.41) is 22.6. The molecule has 0 saturated heterocycles. The van der Waals surface area contributed by atoms with Crippen molar-refractivity contribution in [2.75, 3.05) is 0 Å². The van der Waals surface area contributed by atoms with Gasteiger partial charge in [0.1, 0.15) is 11.5 Å². The predicted molar refractivity (Wildman–Crippen MR) is 66.9 cm³/mol. The molecule has 0 aliphatic heterocycles. The maximum atomic E-state index is 13.8. The Labute approximate surface area is 124 Å². The molecule has 1 heterocycles. The van der Waals surface area contributed by atoms with Gasteiger partial charge in [-0.25, -0.2) is 4.39 Å². The third kappa shape index (κ3) is 2.56. The highest BCUT2D eigenvalue weighted by Crippen LogP contribution is 2.42. The molecule has 0 bridgehead atoms. The summed E-state index contributed by atoms with van der Waals surface area (Å²) in [4.78, 5) is 9.70. The Bertz CT molecular complexity index is 773. The number of benzene rings is 1. The van der Waals surface area contributed by atoms with E-state index in [-0.39, 0.29) is 0 Å². The molecule has 2 aromatic rings. The molecule has 0 atom stereocenters. The van der Waals surface area contributed by atoms with Crippen LogP contribution in [0.3, 0.4) is 0 Å². The zero-order valence-electron chi connectivity index (χ0n) is 10.6. The van der Waals surface area contributed by atoms with Crippen LogP contribution in [0.25, 0.3) is 11.3 Å². The van der Waals surface area contributed by atoms with E-state index in [1.54, 1.807) is 0 Å². The van der Waals surface area contributed by atoms with Crippen LogP contribution in [0.2, 0.25) is 5.02 Å². The van der Waals surface area contributed by atoms with Gasteiger partial charge < -0.3 is 5.11 Å². The first-order chi connectivity index (χ1) is 10.0. The molecule has 1 aromatic heterocycles. The molecule has 0 unspecified atom stereocenters. The molecule has 2 rings (SSSR count). The van der Waals surface area contributed by atoms with E-state index in [2.05, 4.69) is 5.10 Å². The smallest absolute Gasteiger partial charge is 0.434 e. The zero-order chi connectivity index (χ0) is 16.8. The first-order valence-corrected chi connectivity index (χ1v) is 5.88. The van der Waals surface area contributed by atoms with Gasteiger partial charge in [0.05, 0.1) is 9.95 Å². The van der Waals surface area contributed by atoms with Gasteiger partial charge in [-0.1, -0.05) is 11.6 Å². The lowest BCUT2D eigenvalue weighted by Gasteiger charge is -2.06. The van der Waals surface area contributed by atoms with E-state index in [1.165, 1.54) is 0 Å². The van der Waals surface area contributed by atoms with Crippen LogP contribution < -0.4 is 0 Å². The van der Waals surface area contributed by atoms with Crippen molar-refractivity contribution in [2.45, 2.75) is 6.18 Å². The second-order valence-electron chi connectivity index (χ2n) is 4.21. The molecule has 0 aliphatic rings. The number of aryl methyl sites for hydroxylation is 1. The molecule has 0 aliphatic carbocycles. The molecule has 0 radical (unpaired) electrons. The minimum absolute atomic E-state index is 0.399. The van der Waals surface area contributed by atoms with Crippen molar-refractivity contribution in [3.63, 3.8) is 0 Å². The fourth-order valence-corrected chi connectivity index (χ4v) is 2.23. The maximum absolute atomic E-state index is 13.8. The van der Waals surface area contributed by atoms with Crippen LogP contribution >= 0.6 is 11.6 Å². The Morgan fingerprint density at radius 2 is 2.00 bits per heavy atom. The van der Waals surface area contributed by atoms with E-state index < -0.39 is 50.3 Å². The van der Waals surface area contributed by atoms with E-state index in [4.69, 9.17) is 11.6 Å². The average Bonchev–Trinajstić information content (AvgIpc) is 2.63. The van der Waals surface area contributed by atoms with Gasteiger partial charge in [0.25, 0.3) is 0 Å². The summed E-state index contributed by atoms with van der Waals surface area (Å²) < 4.78 is 52.7. The van der Waals surface area contributed by atoms with Crippen LogP contribution in [0, 0.1) is 15.9 Å². The Morgan fingerprint density at radius 3 is 2.45 bits per heavy atom. The summed E-state index contributed by atoms with van der Waals surface area (Å²) in [6.45, 7) is 0. The minimum Gasteiger partial charge on any atom is -0.502 e. The number of aromatic nitrogens is 2. The van der Waals surface area contributed by atoms with Crippen LogP contribution in [-0.4, -0.2) is 19.8 Å². The highest BCUT2D eigenvalue weighted by molar-refractivity contribution is 6.33. The number of hydrogen-bond acceptors (Lipinski definition) is 4. The second kappa shape index (κ2) is 5.13. The number of phenols is 1. The summed E-state index contributed by atoms with van der Waals surface area (Å²) in [6, 6.07) is 0.977. The van der Waals surface area contributed by atoms with Crippen LogP contribution in [0.5, 0.6) is 5.75 Å². The Kier molecular flexibility index (Phi) is 3.73. The van der Waals surface area contributed by atoms with Gasteiger partial charge >= 0.3 is 11.9 Å². The molecule has 1 N–H and O–H groups in total. The van der Waals surface area contributed by atoms with Gasteiger partial charge in [-0.3, -0.25) is 14.8 Å². The highest BCUT2D eigenvalue weighted by atomic mass is 35.5. The van der Waals surface area contributed by atoms with E-state index in [0.29, 0.717) is 16.8 Å². The highest BCUT2D eigenvalue weighted by Gasteiger charge is 2.39. The zero-order valence-corrected chi connectivity index (χ0v) is 11.4. The van der Waals surface area contributed by atoms with Crippen molar-refractivity contribution in [3.8, 4) is 17.0 Å². The molecule has 0 amide bonds. The standard InChI is InChI=1S/C11H6ClF4N3O3/c1-18-10(11(14,15)16)8(12)9(17-18)4-2-6(19(21)22)7(20)3-5(4)13/h2-3,20H,1H3. The van der Waals surface area contributed by atoms with E-state index in [0.717, 1.165) is 7.05 Å². The predicted octanol–water partition coefficient (Wildman–Crippen LogP) is 3.51. The third-order valence-corrected chi connectivity index (χ3v) is 3.13. The number of nitro groups is 1. The lowest BCUT2D eigenvalue weighted by molar-refractivity contribution is -0.385. The number of nitro benzene ring substituents is 1. The van der Waals surface area contributed by atoms with Crippen LogP contribution in [-0.2, 0) is 13.2 Å². The second-order valence-corrected chi connectivity index (χ2v) is 4.59. The minimum atomic E-state index is -4.84. The van der Waals surface area contributed by atoms with Gasteiger partial charge in [-0.05, 0) is 0 Å². The van der Waals surface area contributed by atoms with Crippen molar-refractivity contribution >= 4 is 17.3 Å². The fraction of sp³-hybridized carbons (Fsp3) is 0.182. The van der Waals surface area contributed by atoms with Crippen molar-refractivity contribution in [3.05, 3.63) is 38.8 Å². The lowest BCUT2D eigenvalue weighted by atomic mass is 10.1. The molecule has 0 spiro atoms. The molecule has 11 heteroatoms. The monoisotopic (exact) mass is 339 g/mol. The molecule has 0 fully saturated rings. The van der Waals surface area contributed by atoms with Gasteiger partial charge in [0, 0.05) is 24.7 Å². The van der Waals surface area contributed by atoms with Crippen molar-refractivity contribution in [2.24, 2.45) is 7.05 Å². The number of aromatic hydroxyl groups is 1. The Morgan fingerprint density at radius 1 is 1.41 bits per heavy atom. The number of hydrogen-bond donors (Lipinski definition) is 1. The maximum Gasteiger partial charge on any atom is 0.434 e. The largest absolute Gasteiger partial charge is 0.502 e. The molecule has 1 aromatic carbocycles. The van der Waals surface area contributed by atoms with Gasteiger partial charge in [0.2, 0.25) is 0 Å². The van der Waals surface area contributed by atoms with E-state index in [1.807, 2.05) is 0 Å². The first kappa shape index (κ1) is 16.0. The summed E-state index contributed by atoms with van der Waals surface area (Å²) in [5.74, 6) is -2.16. The molecule has 118 valence electrons. The molecular weight excluding hydrogens is 334 g/mol. The third-order valence-electron chi connectivity index (χ3n) is 2.77. The summed E-state index contributed by atoms with van der Waals surface area (Å²) in [6.07, 6.45) is -4.84. The van der Waals surface area contributed by atoms with Crippen molar-refractivity contribution < 1.29 is 27.6 Å². The Balaban J connectivity index is 2.73. The van der Waals surface area contributed by atoms with Gasteiger partial charge in [0.15, 0.2) is 11.4 Å². The summed E-state index contributed by atoms with van der Waals surface area (Å²) in [7, 11) is 0.949. The summed E-state index contributed by atoms with van der Waals surface area (Å²) >= 11 is 5.59. The number of halogens is 5. The topological polar surface area (TPSA) is 81.2 Å². The average molecular weight is 340 g/mol. The number of rotatable bonds is 2. The van der Waals surface area contributed by atoms with Gasteiger partial charge in [-0.2, -0.15) is 18.3 Å². The SMILES string of the molecule is Cn1nc(-c2cc([N+](=O)[O-])c(O)cc2F)c(Cl)c1C(F)(F)F. The number of nitrogens with zero attached hydrogens (tertiary/aromatic N) is 3. The molecule has 6 nitrogen and oxygen atoms in total. The number of alkyl halides is 3. The van der Waals surface area contributed by atoms with Crippen LogP contribution in [0.1, 0.15) is 5.69 Å². The van der Waals surface area contributed by atoms with Crippen molar-refractivity contribution in [1.82, 2.24) is 9.78 Å². The first-order valence-electron chi connectivity index (χ1n) is 5.51. The quantitative estimate of drug-likeness (QED) is 0.515. The van der Waals surface area contributed by atoms with Crippen LogP contribution in [0.4, 0.5) is 23.2 Å². The van der Waals surface area contributed by atoms with E-state index >= 15 is 0 Å². The van der Waals surface area contributed by atoms with Crippen molar-refractivity contribution in [1.29, 1.82) is 0 Å². The molecule has 22 heavy (non-hydrogen) atoms. The fourth-order valence-electron chi connectivity index (χ4n) is 1.86. The molecular formula is C11H6ClF4N3O3. The Hall–Kier alpha value is -2.36. The lowest BCUT2D eigenvalue weighted by Crippen LogP contribution is -2.12. The molecule has 0 saturated carbocycles. The van der Waals surface area contributed by atoms with Gasteiger partial charge in [-0.15, -0.1) is 0 Å². The normalized spacial score (nSPS) is 11.7. The summed E-state index contributed by atoms with van der Waals surface area (Å²) in [5.41, 5.74) is -3.44. The number of phenolic OH excluding ortho intramolecular Hbond substituents is 1.